The molecule has 0 spiro atoms. The van der Waals surface area contributed by atoms with Gasteiger partial charge in [-0.1, -0.05) is 31.4 Å². The van der Waals surface area contributed by atoms with Crippen molar-refractivity contribution in [3.8, 4) is 0 Å². The van der Waals surface area contributed by atoms with Crippen molar-refractivity contribution in [1.82, 2.24) is 0 Å². The van der Waals surface area contributed by atoms with Crippen molar-refractivity contribution < 1.29 is 9.00 Å². The van der Waals surface area contributed by atoms with Gasteiger partial charge in [-0.25, -0.2) is 0 Å². The molecule has 23 heavy (non-hydrogen) atoms. The highest BCUT2D eigenvalue weighted by atomic mass is 32.2. The smallest absolute Gasteiger partial charge is 0.256 e. The summed E-state index contributed by atoms with van der Waals surface area (Å²) in [6.45, 7) is 0. The molecule has 1 atom stereocenters. The van der Waals surface area contributed by atoms with E-state index in [0.29, 0.717) is 16.6 Å². The van der Waals surface area contributed by atoms with Crippen molar-refractivity contribution in [2.75, 3.05) is 5.32 Å². The van der Waals surface area contributed by atoms with Crippen LogP contribution < -0.4 is 5.32 Å². The first-order valence-electron chi connectivity index (χ1n) is 8.02. The minimum atomic E-state index is -0.819. The first-order valence-corrected chi connectivity index (χ1v) is 10.3. The molecule has 0 unspecified atom stereocenters. The Morgan fingerprint density at radius 1 is 1.22 bits per heavy atom. The molecule has 5 heteroatoms. The van der Waals surface area contributed by atoms with Crippen molar-refractivity contribution in [3.05, 3.63) is 52.2 Å². The quantitative estimate of drug-likeness (QED) is 0.860. The van der Waals surface area contributed by atoms with Crippen LogP contribution in [-0.2, 0) is 16.6 Å². The second-order valence-corrected chi connectivity index (χ2v) is 8.45. The van der Waals surface area contributed by atoms with Crippen molar-refractivity contribution in [2.45, 2.75) is 43.1 Å². The lowest BCUT2D eigenvalue weighted by molar-refractivity contribution is 0.102. The predicted molar refractivity (Wildman–Crippen MR) is 97.4 cm³/mol. The largest absolute Gasteiger partial charge is 0.322 e. The van der Waals surface area contributed by atoms with E-state index in [9.17, 15) is 9.00 Å². The summed E-state index contributed by atoms with van der Waals surface area (Å²) >= 11 is 1.50. The molecular formula is C18H21NO2S2. The molecule has 1 aromatic carbocycles. The van der Waals surface area contributed by atoms with Gasteiger partial charge >= 0.3 is 0 Å². The third kappa shape index (κ3) is 4.52. The normalized spacial score (nSPS) is 16.9. The van der Waals surface area contributed by atoms with Gasteiger partial charge in [0.25, 0.3) is 5.91 Å². The maximum atomic E-state index is 12.5. The molecule has 2 aromatic rings. The molecule has 1 amide bonds. The zero-order valence-electron chi connectivity index (χ0n) is 13.0. The summed E-state index contributed by atoms with van der Waals surface area (Å²) < 4.78 is 12.5. The fraction of sp³-hybridized carbons (Fsp3) is 0.389. The molecule has 122 valence electrons. The molecule has 3 nitrogen and oxygen atoms in total. The molecule has 0 aliphatic heterocycles. The number of carbonyl (C=O) groups excluding carboxylic acids is 1. The fourth-order valence-electron chi connectivity index (χ4n) is 2.95. The number of thiophene rings is 1. The molecule has 1 heterocycles. The predicted octanol–water partition coefficient (Wildman–Crippen LogP) is 4.58. The van der Waals surface area contributed by atoms with Crippen LogP contribution >= 0.6 is 11.3 Å². The van der Waals surface area contributed by atoms with Gasteiger partial charge in [0.05, 0.1) is 5.56 Å². The van der Waals surface area contributed by atoms with Crippen molar-refractivity contribution in [3.63, 3.8) is 0 Å². The molecule has 3 rings (SSSR count). The standard InChI is InChI=1S/C18H21NO2S2/c20-18(15-9-10-22-12-15)19-16-6-4-5-14(11-16)13-23(21)17-7-2-1-3-8-17/h4-6,9-12,17H,1-3,7-8,13H2,(H,19,20)/t23-/m1/s1. The number of amides is 1. The number of hydrogen-bond acceptors (Lipinski definition) is 3. The van der Waals surface area contributed by atoms with Crippen molar-refractivity contribution in [1.29, 1.82) is 0 Å². The van der Waals surface area contributed by atoms with Gasteiger partial charge in [-0.3, -0.25) is 9.00 Å². The summed E-state index contributed by atoms with van der Waals surface area (Å²) in [7, 11) is -0.819. The molecule has 1 N–H and O–H groups in total. The first kappa shape index (κ1) is 16.4. The average molecular weight is 348 g/mol. The summed E-state index contributed by atoms with van der Waals surface area (Å²) in [5, 5.41) is 6.97. The van der Waals surface area contributed by atoms with E-state index in [0.717, 1.165) is 24.1 Å². The van der Waals surface area contributed by atoms with Crippen LogP contribution in [0.5, 0.6) is 0 Å². The topological polar surface area (TPSA) is 46.2 Å². The van der Waals surface area contributed by atoms with E-state index >= 15 is 0 Å². The average Bonchev–Trinajstić information content (AvgIpc) is 3.10. The van der Waals surface area contributed by atoms with Crippen LogP contribution in [0.25, 0.3) is 0 Å². The van der Waals surface area contributed by atoms with Crippen LogP contribution in [0.2, 0.25) is 0 Å². The van der Waals surface area contributed by atoms with E-state index < -0.39 is 10.8 Å². The highest BCUT2D eigenvalue weighted by Gasteiger charge is 2.20. The Balaban J connectivity index is 1.62. The van der Waals surface area contributed by atoms with Gasteiger partial charge in [0.1, 0.15) is 0 Å². The summed E-state index contributed by atoms with van der Waals surface area (Å²) in [6, 6.07) is 9.52. The van der Waals surface area contributed by atoms with Gasteiger partial charge in [0.15, 0.2) is 0 Å². The summed E-state index contributed by atoms with van der Waals surface area (Å²) in [4.78, 5) is 12.1. The molecule has 1 fully saturated rings. The lowest BCUT2D eigenvalue weighted by Crippen LogP contribution is -2.19. The summed E-state index contributed by atoms with van der Waals surface area (Å²) in [5.41, 5.74) is 2.46. The molecule has 0 saturated heterocycles. The second-order valence-electron chi connectivity index (χ2n) is 5.95. The molecule has 1 aliphatic rings. The highest BCUT2D eigenvalue weighted by molar-refractivity contribution is 7.84. The van der Waals surface area contributed by atoms with Gasteiger partial charge in [0, 0.05) is 32.9 Å². The fourth-order valence-corrected chi connectivity index (χ4v) is 5.18. The molecule has 0 bridgehead atoms. The zero-order chi connectivity index (χ0) is 16.1. The van der Waals surface area contributed by atoms with E-state index in [1.807, 2.05) is 41.1 Å². The Morgan fingerprint density at radius 3 is 2.78 bits per heavy atom. The second kappa shape index (κ2) is 7.88. The van der Waals surface area contributed by atoms with Crippen LogP contribution in [0, 0.1) is 0 Å². The maximum absolute atomic E-state index is 12.5. The van der Waals surface area contributed by atoms with Crippen LogP contribution in [0.1, 0.15) is 48.0 Å². The zero-order valence-corrected chi connectivity index (χ0v) is 14.6. The van der Waals surface area contributed by atoms with Crippen molar-refractivity contribution in [2.24, 2.45) is 0 Å². The van der Waals surface area contributed by atoms with Crippen LogP contribution in [-0.4, -0.2) is 15.4 Å². The summed E-state index contributed by atoms with van der Waals surface area (Å²) in [6.07, 6.45) is 5.85. The number of hydrogen-bond donors (Lipinski definition) is 1. The number of carbonyl (C=O) groups is 1. The van der Waals surface area contributed by atoms with E-state index in [4.69, 9.17) is 0 Å². The highest BCUT2D eigenvalue weighted by Crippen LogP contribution is 2.24. The monoisotopic (exact) mass is 347 g/mol. The first-order chi connectivity index (χ1) is 11.2. The molecule has 1 aliphatic carbocycles. The number of benzene rings is 1. The Labute approximate surface area is 143 Å². The molecule has 1 aromatic heterocycles. The lowest BCUT2D eigenvalue weighted by Gasteiger charge is -2.21. The Bertz CT molecular complexity index is 676. The van der Waals surface area contributed by atoms with E-state index in [2.05, 4.69) is 5.32 Å². The van der Waals surface area contributed by atoms with Gasteiger partial charge in [-0.05, 0) is 42.0 Å². The van der Waals surface area contributed by atoms with Gasteiger partial charge in [0.2, 0.25) is 0 Å². The van der Waals surface area contributed by atoms with Crippen LogP contribution in [0.3, 0.4) is 0 Å². The Kier molecular flexibility index (Phi) is 5.62. The van der Waals surface area contributed by atoms with E-state index in [1.54, 1.807) is 0 Å². The minimum absolute atomic E-state index is 0.100. The number of rotatable bonds is 5. The van der Waals surface area contributed by atoms with Crippen LogP contribution in [0.15, 0.2) is 41.1 Å². The minimum Gasteiger partial charge on any atom is -0.322 e. The van der Waals surface area contributed by atoms with Crippen LogP contribution in [0.4, 0.5) is 5.69 Å². The van der Waals surface area contributed by atoms with E-state index in [-0.39, 0.29) is 5.91 Å². The third-order valence-electron chi connectivity index (χ3n) is 4.20. The molecular weight excluding hydrogens is 326 g/mol. The third-order valence-corrected chi connectivity index (χ3v) is 6.72. The van der Waals surface area contributed by atoms with Gasteiger partial charge in [-0.15, -0.1) is 0 Å². The number of nitrogens with one attached hydrogen (secondary N) is 1. The maximum Gasteiger partial charge on any atom is 0.256 e. The Morgan fingerprint density at radius 2 is 2.04 bits per heavy atom. The van der Waals surface area contributed by atoms with Gasteiger partial charge in [-0.2, -0.15) is 11.3 Å². The van der Waals surface area contributed by atoms with Gasteiger partial charge < -0.3 is 5.32 Å². The van der Waals surface area contributed by atoms with E-state index in [1.165, 1.54) is 30.6 Å². The summed E-state index contributed by atoms with van der Waals surface area (Å²) in [5.74, 6) is 0.476. The number of anilines is 1. The Hall–Kier alpha value is -1.46. The lowest BCUT2D eigenvalue weighted by atomic mass is 10.0. The molecule has 0 radical (unpaired) electrons. The SMILES string of the molecule is O=C(Nc1cccc(C[S@@](=O)C2CCCCC2)c1)c1ccsc1. The van der Waals surface area contributed by atoms with Crippen molar-refractivity contribution >= 4 is 33.7 Å². The molecule has 1 saturated carbocycles.